The zero-order chi connectivity index (χ0) is 11.9. The summed E-state index contributed by atoms with van der Waals surface area (Å²) in [6, 6.07) is 0. The molecule has 0 heterocycles. The fourth-order valence-corrected chi connectivity index (χ4v) is 2.76. The summed E-state index contributed by atoms with van der Waals surface area (Å²) in [5.41, 5.74) is 2.93. The maximum atomic E-state index is 11.0. The molecule has 0 aromatic rings. The van der Waals surface area contributed by atoms with E-state index in [2.05, 4.69) is 15.9 Å². The van der Waals surface area contributed by atoms with Crippen LogP contribution in [0.3, 0.4) is 0 Å². The molecule has 1 rings (SSSR count). The first-order chi connectivity index (χ1) is 6.69. The average Bonchev–Trinajstić information content (AvgIpc) is 2.00. The fourth-order valence-electron chi connectivity index (χ4n) is 1.76. The van der Waals surface area contributed by atoms with Gasteiger partial charge in [0.1, 0.15) is 5.54 Å². The maximum Gasteiger partial charge on any atom is 0.324 e. The van der Waals surface area contributed by atoms with E-state index in [0.29, 0.717) is 4.48 Å². The van der Waals surface area contributed by atoms with Crippen LogP contribution in [0.4, 0.5) is 0 Å². The summed E-state index contributed by atoms with van der Waals surface area (Å²) in [6.07, 6.45) is 1.51. The van der Waals surface area contributed by atoms with Gasteiger partial charge in [0.15, 0.2) is 0 Å². The van der Waals surface area contributed by atoms with Crippen molar-refractivity contribution in [3.05, 3.63) is 10.6 Å². The number of carboxylic acids is 2. The van der Waals surface area contributed by atoms with Gasteiger partial charge < -0.3 is 15.9 Å². The van der Waals surface area contributed by atoms with Crippen LogP contribution in [-0.2, 0) is 9.59 Å². The Kier molecular flexibility index (Phi) is 2.93. The Bertz CT molecular complexity index is 354. The van der Waals surface area contributed by atoms with Gasteiger partial charge in [-0.3, -0.25) is 9.59 Å². The van der Waals surface area contributed by atoms with E-state index in [9.17, 15) is 9.59 Å². The number of nitrogens with two attached hydrogens (primary N) is 1. The van der Waals surface area contributed by atoms with E-state index < -0.39 is 22.9 Å². The predicted molar refractivity (Wildman–Crippen MR) is 56.5 cm³/mol. The molecule has 1 aliphatic carbocycles. The van der Waals surface area contributed by atoms with E-state index in [1.54, 1.807) is 0 Å². The van der Waals surface area contributed by atoms with Gasteiger partial charge in [-0.05, 0) is 17.8 Å². The molecule has 0 bridgehead atoms. The minimum Gasteiger partial charge on any atom is -0.481 e. The minimum atomic E-state index is -1.51. The van der Waals surface area contributed by atoms with Gasteiger partial charge in [0.05, 0.1) is 5.41 Å². The van der Waals surface area contributed by atoms with Crippen LogP contribution in [0.5, 0.6) is 0 Å². The monoisotopic (exact) mass is 277 g/mol. The first-order valence-electron chi connectivity index (χ1n) is 4.32. The lowest BCUT2D eigenvalue weighted by molar-refractivity contribution is -0.150. The average molecular weight is 278 g/mol. The smallest absolute Gasteiger partial charge is 0.324 e. The number of carbonyl (C=O) groups is 2. The highest BCUT2D eigenvalue weighted by Gasteiger charge is 2.48. The Morgan fingerprint density at radius 3 is 2.40 bits per heavy atom. The van der Waals surface area contributed by atoms with Crippen molar-refractivity contribution in [3.8, 4) is 0 Å². The van der Waals surface area contributed by atoms with Crippen LogP contribution in [0.2, 0.25) is 0 Å². The van der Waals surface area contributed by atoms with Crippen molar-refractivity contribution in [1.29, 1.82) is 0 Å². The number of aliphatic carboxylic acids is 2. The highest BCUT2D eigenvalue weighted by molar-refractivity contribution is 9.11. The SMILES string of the molecule is CC1(C(=O)O)C=C(Br)CC(N)(C(=O)O)C1. The summed E-state index contributed by atoms with van der Waals surface area (Å²) in [5.74, 6) is -2.25. The first-order valence-corrected chi connectivity index (χ1v) is 5.12. The Hall–Kier alpha value is -0.880. The lowest BCUT2D eigenvalue weighted by atomic mass is 9.71. The molecule has 15 heavy (non-hydrogen) atoms. The van der Waals surface area contributed by atoms with E-state index in [4.69, 9.17) is 15.9 Å². The molecule has 0 aromatic heterocycles. The summed E-state index contributed by atoms with van der Waals surface area (Å²) in [6.45, 7) is 1.46. The van der Waals surface area contributed by atoms with E-state index in [1.807, 2.05) is 0 Å². The van der Waals surface area contributed by atoms with Crippen LogP contribution in [0.25, 0.3) is 0 Å². The van der Waals surface area contributed by atoms with Gasteiger partial charge in [0, 0.05) is 6.42 Å². The molecule has 4 N–H and O–H groups in total. The summed E-state index contributed by atoms with van der Waals surface area (Å²) < 4.78 is 0.517. The zero-order valence-corrected chi connectivity index (χ0v) is 9.74. The second-order valence-corrected chi connectivity index (χ2v) is 5.15. The van der Waals surface area contributed by atoms with Gasteiger partial charge in [-0.1, -0.05) is 22.0 Å². The standard InChI is InChI=1S/C9H12BrNO4/c1-8(6(12)13)2-5(10)3-9(11,4-8)7(14)15/h2H,3-4,11H2,1H3,(H,12,13)(H,14,15). The van der Waals surface area contributed by atoms with Crippen molar-refractivity contribution < 1.29 is 19.8 Å². The Morgan fingerprint density at radius 2 is 2.00 bits per heavy atom. The molecule has 0 radical (unpaired) electrons. The maximum absolute atomic E-state index is 11.0. The van der Waals surface area contributed by atoms with Crippen molar-refractivity contribution in [2.24, 2.45) is 11.1 Å². The minimum absolute atomic E-state index is 0.111. The second-order valence-electron chi connectivity index (χ2n) is 4.13. The Morgan fingerprint density at radius 1 is 1.47 bits per heavy atom. The summed E-state index contributed by atoms with van der Waals surface area (Å²) in [4.78, 5) is 22.0. The number of hydrogen-bond acceptors (Lipinski definition) is 3. The van der Waals surface area contributed by atoms with Crippen LogP contribution in [0.1, 0.15) is 19.8 Å². The number of rotatable bonds is 2. The number of carboxylic acid groups (broad SMARTS) is 2. The van der Waals surface area contributed by atoms with E-state index in [-0.39, 0.29) is 12.8 Å². The van der Waals surface area contributed by atoms with Crippen LogP contribution in [-0.4, -0.2) is 27.7 Å². The molecule has 0 spiro atoms. The van der Waals surface area contributed by atoms with Gasteiger partial charge >= 0.3 is 11.9 Å². The van der Waals surface area contributed by atoms with E-state index in [1.165, 1.54) is 13.0 Å². The Balaban J connectivity index is 3.14. The third kappa shape index (κ3) is 2.21. The van der Waals surface area contributed by atoms with Gasteiger partial charge in [0.2, 0.25) is 0 Å². The quantitative estimate of drug-likeness (QED) is 0.697. The third-order valence-electron chi connectivity index (χ3n) is 2.56. The molecule has 0 fully saturated rings. The first kappa shape index (κ1) is 12.2. The molecule has 1 aliphatic rings. The normalized spacial score (nSPS) is 35.8. The molecule has 5 nitrogen and oxygen atoms in total. The Labute approximate surface area is 95.1 Å². The largest absolute Gasteiger partial charge is 0.481 e. The number of hydrogen-bond donors (Lipinski definition) is 3. The topological polar surface area (TPSA) is 101 Å². The summed E-state index contributed by atoms with van der Waals surface area (Å²) in [5, 5.41) is 18.0. The van der Waals surface area contributed by atoms with Crippen LogP contribution >= 0.6 is 15.9 Å². The predicted octanol–water partition coefficient (Wildman–Crippen LogP) is 0.932. The second kappa shape index (κ2) is 3.61. The molecule has 2 unspecified atom stereocenters. The highest BCUT2D eigenvalue weighted by atomic mass is 79.9. The summed E-state index contributed by atoms with van der Waals surface area (Å²) in [7, 11) is 0. The number of halogens is 1. The molecule has 0 amide bonds. The third-order valence-corrected chi connectivity index (χ3v) is 3.07. The van der Waals surface area contributed by atoms with Crippen molar-refractivity contribution >= 4 is 27.9 Å². The van der Waals surface area contributed by atoms with Gasteiger partial charge in [-0.25, -0.2) is 0 Å². The van der Waals surface area contributed by atoms with Gasteiger partial charge in [0.25, 0.3) is 0 Å². The molecule has 6 heteroatoms. The zero-order valence-electron chi connectivity index (χ0n) is 8.16. The van der Waals surface area contributed by atoms with Gasteiger partial charge in [-0.15, -0.1) is 0 Å². The van der Waals surface area contributed by atoms with Crippen molar-refractivity contribution in [1.82, 2.24) is 0 Å². The molecular formula is C9H12BrNO4. The molecule has 0 aromatic carbocycles. The van der Waals surface area contributed by atoms with Crippen LogP contribution < -0.4 is 5.73 Å². The molecule has 84 valence electrons. The van der Waals surface area contributed by atoms with E-state index in [0.717, 1.165) is 0 Å². The van der Waals surface area contributed by atoms with Crippen molar-refractivity contribution in [3.63, 3.8) is 0 Å². The van der Waals surface area contributed by atoms with Crippen molar-refractivity contribution in [2.75, 3.05) is 0 Å². The fraction of sp³-hybridized carbons (Fsp3) is 0.556. The molecule has 0 saturated carbocycles. The molecule has 0 saturated heterocycles. The molecular weight excluding hydrogens is 266 g/mol. The highest BCUT2D eigenvalue weighted by Crippen LogP contribution is 2.40. The van der Waals surface area contributed by atoms with E-state index >= 15 is 0 Å². The van der Waals surface area contributed by atoms with Gasteiger partial charge in [-0.2, -0.15) is 0 Å². The molecule has 2 atom stereocenters. The lowest BCUT2D eigenvalue weighted by Crippen LogP contribution is -2.54. The lowest BCUT2D eigenvalue weighted by Gasteiger charge is -2.36. The van der Waals surface area contributed by atoms with Crippen LogP contribution in [0.15, 0.2) is 10.6 Å². The van der Waals surface area contributed by atoms with Crippen LogP contribution in [0, 0.1) is 5.41 Å². The summed E-state index contributed by atoms with van der Waals surface area (Å²) >= 11 is 3.13. The molecule has 0 aliphatic heterocycles. The van der Waals surface area contributed by atoms with Crippen molar-refractivity contribution in [2.45, 2.75) is 25.3 Å².